The zero-order chi connectivity index (χ0) is 44.4. The third kappa shape index (κ3) is 8.36. The molecule has 2 heterocycles. The molecule has 8 aromatic carbocycles. The van der Waals surface area contributed by atoms with Crippen LogP contribution in [0.3, 0.4) is 0 Å². The fraction of sp³-hybridized carbons (Fsp3) is 0. The van der Waals surface area contributed by atoms with Crippen LogP contribution < -0.4 is 9.44 Å². The minimum Gasteiger partial charge on any atom is -0.399 e. The van der Waals surface area contributed by atoms with Gasteiger partial charge in [0.05, 0.1) is 37.5 Å². The molecule has 0 unspecified atom stereocenters. The van der Waals surface area contributed by atoms with Crippen molar-refractivity contribution >= 4 is 85.3 Å². The van der Waals surface area contributed by atoms with E-state index in [1.807, 2.05) is 120 Å². The summed E-state index contributed by atoms with van der Waals surface area (Å²) in [7, 11) is -9.17. The number of rotatable bonds is 9. The van der Waals surface area contributed by atoms with Crippen molar-refractivity contribution in [2.24, 2.45) is 0 Å². The summed E-state index contributed by atoms with van der Waals surface area (Å²) in [5, 5.41) is 0. The van der Waals surface area contributed by atoms with Gasteiger partial charge >= 0.3 is 0 Å². The Kier molecular flexibility index (Phi) is 11.8. The first-order valence-electron chi connectivity index (χ1n) is 19.8. The van der Waals surface area contributed by atoms with E-state index in [0.717, 1.165) is 45.0 Å². The number of para-hydroxylation sites is 2. The minimum absolute atomic E-state index is 0.0642. The highest BCUT2D eigenvalue weighted by molar-refractivity contribution is 9.10. The van der Waals surface area contributed by atoms with E-state index < -0.39 is 20.0 Å². The monoisotopic (exact) mass is 1010 g/mol. The number of fused-ring (bicyclic) bond motifs is 2. The van der Waals surface area contributed by atoms with Gasteiger partial charge in [0.2, 0.25) is 0 Å². The molecule has 0 saturated carbocycles. The number of hydrogen-bond acceptors (Lipinski definition) is 7. The van der Waals surface area contributed by atoms with E-state index in [4.69, 9.17) is 15.7 Å². The molecule has 0 atom stereocenters. The van der Waals surface area contributed by atoms with Crippen LogP contribution in [0.1, 0.15) is 0 Å². The van der Waals surface area contributed by atoms with Crippen LogP contribution in [0, 0.1) is 0 Å². The lowest BCUT2D eigenvalue weighted by atomic mass is 10.2. The van der Waals surface area contributed by atoms with E-state index >= 15 is 0 Å². The first kappa shape index (κ1) is 42.5. The fourth-order valence-corrected chi connectivity index (χ4v) is 11.5. The van der Waals surface area contributed by atoms with Gasteiger partial charge in [-0.25, -0.2) is 26.8 Å². The summed E-state index contributed by atoms with van der Waals surface area (Å²) in [5.74, 6) is 1.56. The predicted octanol–water partition coefficient (Wildman–Crippen LogP) is 12.1. The van der Waals surface area contributed by atoms with Crippen molar-refractivity contribution in [1.29, 1.82) is 0 Å². The lowest BCUT2D eigenvalue weighted by Gasteiger charge is -2.24. The van der Waals surface area contributed by atoms with Crippen LogP contribution in [-0.4, -0.2) is 35.9 Å². The van der Waals surface area contributed by atoms with Crippen molar-refractivity contribution in [3.8, 4) is 34.2 Å². The summed E-state index contributed by atoms with van der Waals surface area (Å²) in [4.78, 5) is 9.32. The molecule has 0 amide bonds. The summed E-state index contributed by atoms with van der Waals surface area (Å²) in [6.45, 7) is 0. The van der Waals surface area contributed by atoms with Crippen molar-refractivity contribution in [3.05, 3.63) is 215 Å². The number of nitrogens with two attached hydrogens (primary N) is 1. The van der Waals surface area contributed by atoms with Crippen molar-refractivity contribution in [1.82, 2.24) is 19.1 Å². The van der Waals surface area contributed by atoms with Gasteiger partial charge in [-0.2, -0.15) is 3.71 Å². The number of aromatic nitrogens is 4. The van der Waals surface area contributed by atoms with Crippen LogP contribution in [0.5, 0.6) is 0 Å². The zero-order valence-electron chi connectivity index (χ0n) is 33.6. The number of halogens is 2. The van der Waals surface area contributed by atoms with Crippen molar-refractivity contribution in [2.45, 2.75) is 9.79 Å². The Morgan fingerprint density at radius 1 is 0.438 bits per heavy atom. The third-order valence-electron chi connectivity index (χ3n) is 10.3. The number of hydrogen-bond donors (Lipinski definition) is 1. The molecule has 10 aromatic rings. The molecule has 64 heavy (non-hydrogen) atoms. The molecule has 2 N–H and O–H groups in total. The smallest absolute Gasteiger partial charge is 0.277 e. The molecular weight excluding hydrogens is 973 g/mol. The van der Waals surface area contributed by atoms with Gasteiger partial charge in [-0.05, 0) is 109 Å². The number of benzene rings is 8. The van der Waals surface area contributed by atoms with Gasteiger partial charge in [-0.3, -0.25) is 9.13 Å². The quantitative estimate of drug-likeness (QED) is 0.142. The molecule has 10 rings (SSSR count). The largest absolute Gasteiger partial charge is 0.399 e. The van der Waals surface area contributed by atoms with E-state index in [1.165, 1.54) is 36.4 Å². The Balaban J connectivity index is 0.000000197. The van der Waals surface area contributed by atoms with Crippen LogP contribution in [0.15, 0.2) is 225 Å². The van der Waals surface area contributed by atoms with E-state index in [1.54, 1.807) is 30.3 Å². The number of nitrogen functional groups attached to an aromatic ring is 1. The predicted molar refractivity (Wildman–Crippen MR) is 263 cm³/mol. The minimum atomic E-state index is -4.58. The van der Waals surface area contributed by atoms with Gasteiger partial charge in [-0.1, -0.05) is 129 Å². The van der Waals surface area contributed by atoms with Gasteiger partial charge in [0, 0.05) is 37.1 Å². The van der Waals surface area contributed by atoms with E-state index in [-0.39, 0.29) is 15.5 Å². The summed E-state index contributed by atoms with van der Waals surface area (Å²) in [6, 6.07) is 61.9. The van der Waals surface area contributed by atoms with Crippen LogP contribution in [0.4, 0.5) is 11.4 Å². The van der Waals surface area contributed by atoms with Gasteiger partial charge in [-0.15, -0.1) is 0 Å². The van der Waals surface area contributed by atoms with Crippen LogP contribution in [-0.2, 0) is 20.0 Å². The number of sulfonamides is 2. The molecule has 316 valence electrons. The molecule has 0 aliphatic heterocycles. The summed E-state index contributed by atoms with van der Waals surface area (Å²) < 4.78 is 62.2. The number of nitrogens with zero attached hydrogens (tertiary/aromatic N) is 5. The molecule has 0 radical (unpaired) electrons. The van der Waals surface area contributed by atoms with Crippen molar-refractivity contribution in [2.75, 3.05) is 9.44 Å². The second-order valence-electron chi connectivity index (χ2n) is 14.5. The van der Waals surface area contributed by atoms with E-state index in [0.29, 0.717) is 29.5 Å². The average molecular weight is 1010 g/mol. The van der Waals surface area contributed by atoms with Crippen LogP contribution in [0.2, 0.25) is 0 Å². The summed E-state index contributed by atoms with van der Waals surface area (Å²) in [5.41, 5.74) is 13.5. The Bertz CT molecular complexity index is 3410. The molecular formula is C50H36Br2N6O4S2. The highest BCUT2D eigenvalue weighted by Crippen LogP contribution is 2.36. The molecule has 0 saturated heterocycles. The summed E-state index contributed by atoms with van der Waals surface area (Å²) >= 11 is 6.62. The van der Waals surface area contributed by atoms with E-state index in [2.05, 4.69) is 60.7 Å². The molecule has 0 spiro atoms. The Hall–Kier alpha value is -6.84. The first-order valence-corrected chi connectivity index (χ1v) is 24.3. The molecule has 0 aliphatic carbocycles. The Morgan fingerprint density at radius 2 is 0.812 bits per heavy atom. The molecule has 10 nitrogen and oxygen atoms in total. The topological polar surface area (TPSA) is 133 Å². The van der Waals surface area contributed by atoms with E-state index in [9.17, 15) is 16.8 Å². The zero-order valence-corrected chi connectivity index (χ0v) is 38.5. The molecule has 2 aromatic heterocycles. The molecule has 0 fully saturated rings. The van der Waals surface area contributed by atoms with Gasteiger partial charge < -0.3 is 5.73 Å². The van der Waals surface area contributed by atoms with Gasteiger partial charge in [0.1, 0.15) is 11.6 Å². The van der Waals surface area contributed by atoms with Crippen molar-refractivity contribution < 1.29 is 16.8 Å². The second kappa shape index (κ2) is 17.7. The first-order chi connectivity index (χ1) is 31.0. The lowest BCUT2D eigenvalue weighted by molar-refractivity contribution is 0.584. The standard InChI is InChI=1S/C31H21Br2N3O4S2.C19H15N3/c32-23-11-16-27(17-12-23)41(37,38)36(42(39,40)28-18-13-24(33)14-19-28)26-15-20-30-29(21-26)34-31(22-7-3-1-4-8-22)35(30)25-9-5-2-6-10-25;20-15-11-12-18-17(13-15)21-19(14-7-3-1-4-8-14)22(18)16-9-5-2-6-10-16/h1-21H;1-13H,20H2. The van der Waals surface area contributed by atoms with Crippen LogP contribution >= 0.6 is 31.9 Å². The Labute approximate surface area is 387 Å². The van der Waals surface area contributed by atoms with Crippen molar-refractivity contribution in [3.63, 3.8) is 0 Å². The normalized spacial score (nSPS) is 11.6. The SMILES string of the molecule is Nc1ccc2c(c1)nc(-c1ccccc1)n2-c1ccccc1.O=S(=O)(c1ccc(Br)cc1)N(c1ccc2c(c1)nc(-c1ccccc1)n2-c1ccccc1)S(=O)(=O)c1ccc(Br)cc1. The number of imidazole rings is 2. The second-order valence-corrected chi connectivity index (χ2v) is 20.1. The maximum absolute atomic E-state index is 14.1. The van der Waals surface area contributed by atoms with Gasteiger partial charge in [0.25, 0.3) is 20.0 Å². The summed E-state index contributed by atoms with van der Waals surface area (Å²) in [6.07, 6.45) is 0. The molecule has 0 aliphatic rings. The third-order valence-corrected chi connectivity index (χ3v) is 15.5. The fourth-order valence-electron chi connectivity index (χ4n) is 7.33. The highest BCUT2D eigenvalue weighted by Gasteiger charge is 2.37. The van der Waals surface area contributed by atoms with Crippen LogP contribution in [0.25, 0.3) is 56.2 Å². The lowest BCUT2D eigenvalue weighted by Crippen LogP contribution is -2.37. The number of anilines is 2. The van der Waals surface area contributed by atoms with Gasteiger partial charge in [0.15, 0.2) is 0 Å². The molecule has 14 heteroatoms. The highest BCUT2D eigenvalue weighted by atomic mass is 79.9. The maximum atomic E-state index is 14.1. The molecule has 0 bridgehead atoms. The maximum Gasteiger partial charge on any atom is 0.277 e. The average Bonchev–Trinajstić information content (AvgIpc) is 3.89. The Morgan fingerprint density at radius 3 is 1.23 bits per heavy atom.